The Morgan fingerprint density at radius 3 is 2.25 bits per heavy atom. The maximum atomic E-state index is 12.6. The van der Waals surface area contributed by atoms with Crippen molar-refractivity contribution >= 4 is 21.4 Å². The number of benzene rings is 2. The lowest BCUT2D eigenvalue weighted by Crippen LogP contribution is -2.66. The fraction of sp³-hybridized carbons (Fsp3) is 0.409. The van der Waals surface area contributed by atoms with Gasteiger partial charge in [0, 0.05) is 5.69 Å². The van der Waals surface area contributed by atoms with Crippen molar-refractivity contribution in [3.8, 4) is 0 Å². The first-order valence-corrected chi connectivity index (χ1v) is 11.5. The molecule has 6 heteroatoms. The van der Waals surface area contributed by atoms with Gasteiger partial charge in [-0.1, -0.05) is 48.9 Å². The number of hydrogen-bond acceptors (Lipinski definition) is 4. The number of nitrogens with two attached hydrogens (primary N) is 1. The number of rotatable bonds is 6. The molecule has 0 aromatic heterocycles. The molecule has 2 aliphatic rings. The van der Waals surface area contributed by atoms with E-state index in [1.165, 1.54) is 19.3 Å². The van der Waals surface area contributed by atoms with Crippen molar-refractivity contribution in [3.63, 3.8) is 0 Å². The van der Waals surface area contributed by atoms with Crippen molar-refractivity contribution < 1.29 is 13.2 Å². The molecule has 0 heterocycles. The molecule has 2 aromatic carbocycles. The van der Waals surface area contributed by atoms with Gasteiger partial charge in [0.1, 0.15) is 0 Å². The van der Waals surface area contributed by atoms with Crippen LogP contribution >= 0.6 is 0 Å². The molecular formula is C22H26N2O3S. The van der Waals surface area contributed by atoms with Crippen molar-refractivity contribution in [2.24, 2.45) is 11.1 Å². The monoisotopic (exact) mass is 398 g/mol. The largest absolute Gasteiger partial charge is 0.324 e. The summed E-state index contributed by atoms with van der Waals surface area (Å²) in [7, 11) is -3.30. The van der Waals surface area contributed by atoms with Gasteiger partial charge >= 0.3 is 0 Å². The van der Waals surface area contributed by atoms with E-state index >= 15 is 0 Å². The Morgan fingerprint density at radius 2 is 1.61 bits per heavy atom. The first-order chi connectivity index (χ1) is 13.3. The van der Waals surface area contributed by atoms with Crippen LogP contribution < -0.4 is 11.1 Å². The minimum Gasteiger partial charge on any atom is -0.324 e. The summed E-state index contributed by atoms with van der Waals surface area (Å²) in [4.78, 5) is 12.6. The van der Waals surface area contributed by atoms with Gasteiger partial charge < -0.3 is 11.1 Å². The molecule has 2 fully saturated rings. The molecule has 1 amide bonds. The van der Waals surface area contributed by atoms with Crippen LogP contribution in [0.2, 0.25) is 0 Å². The Morgan fingerprint density at radius 1 is 0.964 bits per heavy atom. The molecule has 2 saturated carbocycles. The molecule has 28 heavy (non-hydrogen) atoms. The minimum absolute atomic E-state index is 0.00157. The molecule has 2 aromatic rings. The Bertz CT molecular complexity index is 974. The third-order valence-corrected chi connectivity index (χ3v) is 7.59. The molecule has 0 atom stereocenters. The SMILES string of the molecule is NC1(C(=O)Nc2cccc(CS(=O)(=O)Cc3ccccc3)c2)CC2(CCC2)C1. The van der Waals surface area contributed by atoms with E-state index in [1.54, 1.807) is 24.3 Å². The highest BCUT2D eigenvalue weighted by atomic mass is 32.2. The average Bonchev–Trinajstić information content (AvgIpc) is 2.57. The van der Waals surface area contributed by atoms with Gasteiger partial charge in [0.25, 0.3) is 0 Å². The topological polar surface area (TPSA) is 89.3 Å². The zero-order valence-corrected chi connectivity index (χ0v) is 16.7. The number of carbonyl (C=O) groups is 1. The van der Waals surface area contributed by atoms with Gasteiger partial charge in [0.2, 0.25) is 5.91 Å². The third kappa shape index (κ3) is 3.98. The fourth-order valence-electron chi connectivity index (χ4n) is 4.61. The molecule has 0 saturated heterocycles. The zero-order valence-electron chi connectivity index (χ0n) is 15.9. The quantitative estimate of drug-likeness (QED) is 0.780. The highest BCUT2D eigenvalue weighted by Crippen LogP contribution is 2.59. The maximum Gasteiger partial charge on any atom is 0.244 e. The molecule has 0 radical (unpaired) electrons. The van der Waals surface area contributed by atoms with Gasteiger partial charge in [-0.15, -0.1) is 0 Å². The van der Waals surface area contributed by atoms with E-state index < -0.39 is 15.4 Å². The van der Waals surface area contributed by atoms with Crippen LogP contribution in [0.15, 0.2) is 54.6 Å². The van der Waals surface area contributed by atoms with Gasteiger partial charge in [-0.3, -0.25) is 4.79 Å². The second-order valence-corrected chi connectivity index (χ2v) is 10.6. The van der Waals surface area contributed by atoms with Crippen molar-refractivity contribution in [2.75, 3.05) is 5.32 Å². The lowest BCUT2D eigenvalue weighted by Gasteiger charge is -2.58. The smallest absolute Gasteiger partial charge is 0.244 e. The van der Waals surface area contributed by atoms with E-state index in [1.807, 2.05) is 30.3 Å². The average molecular weight is 399 g/mol. The summed E-state index contributed by atoms with van der Waals surface area (Å²) in [6.07, 6.45) is 5.08. The molecule has 0 unspecified atom stereocenters. The summed E-state index contributed by atoms with van der Waals surface area (Å²) in [5, 5.41) is 2.89. The van der Waals surface area contributed by atoms with Crippen LogP contribution in [0.1, 0.15) is 43.2 Å². The number of carbonyl (C=O) groups excluding carboxylic acids is 1. The van der Waals surface area contributed by atoms with Gasteiger partial charge in [0.05, 0.1) is 17.0 Å². The predicted octanol–water partition coefficient (Wildman–Crippen LogP) is 3.40. The normalized spacial score (nSPS) is 19.5. The summed E-state index contributed by atoms with van der Waals surface area (Å²) >= 11 is 0. The van der Waals surface area contributed by atoms with E-state index in [0.717, 1.165) is 18.4 Å². The number of sulfone groups is 1. The third-order valence-electron chi connectivity index (χ3n) is 6.05. The molecule has 1 spiro atoms. The summed E-state index contributed by atoms with van der Waals surface area (Å²) in [6.45, 7) is 0. The van der Waals surface area contributed by atoms with Crippen LogP contribution in [0, 0.1) is 5.41 Å². The number of nitrogens with one attached hydrogen (secondary N) is 1. The van der Waals surface area contributed by atoms with Gasteiger partial charge in [0.15, 0.2) is 9.84 Å². The second-order valence-electron chi connectivity index (χ2n) is 8.54. The van der Waals surface area contributed by atoms with Crippen LogP contribution in [0.5, 0.6) is 0 Å². The van der Waals surface area contributed by atoms with E-state index in [2.05, 4.69) is 5.32 Å². The standard InChI is InChI=1S/C22H26N2O3S/c23-22(15-21(16-22)10-5-11-21)20(25)24-19-9-4-8-18(12-19)14-28(26,27)13-17-6-2-1-3-7-17/h1-4,6-9,12H,5,10-11,13-16,23H2,(H,24,25). The zero-order chi connectivity index (χ0) is 19.8. The predicted molar refractivity (Wildman–Crippen MR) is 110 cm³/mol. The van der Waals surface area contributed by atoms with E-state index in [4.69, 9.17) is 5.73 Å². The van der Waals surface area contributed by atoms with Crippen LogP contribution in [0.3, 0.4) is 0 Å². The van der Waals surface area contributed by atoms with Crippen molar-refractivity contribution in [1.29, 1.82) is 0 Å². The summed E-state index contributed by atoms with van der Waals surface area (Å²) in [5.74, 6) is -0.240. The van der Waals surface area contributed by atoms with Crippen molar-refractivity contribution in [2.45, 2.75) is 49.1 Å². The van der Waals surface area contributed by atoms with E-state index in [9.17, 15) is 13.2 Å². The fourth-order valence-corrected chi connectivity index (χ4v) is 6.09. The van der Waals surface area contributed by atoms with Crippen LogP contribution in [-0.4, -0.2) is 19.9 Å². The number of anilines is 1. The highest BCUT2D eigenvalue weighted by Gasteiger charge is 2.58. The first-order valence-electron chi connectivity index (χ1n) is 9.71. The lowest BCUT2D eigenvalue weighted by molar-refractivity contribution is -0.135. The number of amides is 1. The molecule has 2 aliphatic carbocycles. The highest BCUT2D eigenvalue weighted by molar-refractivity contribution is 7.89. The first kappa shape index (κ1) is 19.2. The van der Waals surface area contributed by atoms with E-state index in [0.29, 0.717) is 16.7 Å². The Hall–Kier alpha value is -2.18. The molecule has 5 nitrogen and oxygen atoms in total. The van der Waals surface area contributed by atoms with Gasteiger partial charge in [-0.25, -0.2) is 8.42 Å². The molecule has 0 aliphatic heterocycles. The summed E-state index contributed by atoms with van der Waals surface area (Å²) in [5.41, 5.74) is 7.83. The summed E-state index contributed by atoms with van der Waals surface area (Å²) in [6, 6.07) is 16.2. The lowest BCUT2D eigenvalue weighted by atomic mass is 9.48. The minimum atomic E-state index is -3.30. The summed E-state index contributed by atoms with van der Waals surface area (Å²) < 4.78 is 25.0. The van der Waals surface area contributed by atoms with E-state index in [-0.39, 0.29) is 17.4 Å². The number of hydrogen-bond donors (Lipinski definition) is 2. The molecular weight excluding hydrogens is 372 g/mol. The molecule has 0 bridgehead atoms. The van der Waals surface area contributed by atoms with Gasteiger partial charge in [-0.05, 0) is 54.4 Å². The van der Waals surface area contributed by atoms with Crippen molar-refractivity contribution in [1.82, 2.24) is 0 Å². The Kier molecular flexibility index (Phi) is 4.79. The maximum absolute atomic E-state index is 12.6. The van der Waals surface area contributed by atoms with Crippen LogP contribution in [0.25, 0.3) is 0 Å². The van der Waals surface area contributed by atoms with Crippen molar-refractivity contribution in [3.05, 3.63) is 65.7 Å². The Balaban J connectivity index is 1.39. The van der Waals surface area contributed by atoms with Crippen LogP contribution in [0.4, 0.5) is 5.69 Å². The second kappa shape index (κ2) is 7.01. The molecule has 148 valence electrons. The molecule has 3 N–H and O–H groups in total. The Labute approximate surface area is 166 Å². The van der Waals surface area contributed by atoms with Crippen LogP contribution in [-0.2, 0) is 26.1 Å². The van der Waals surface area contributed by atoms with Gasteiger partial charge in [-0.2, -0.15) is 0 Å². The molecule has 4 rings (SSSR count).